The number of hydrogen-bond donors (Lipinski definition) is 1. The van der Waals surface area contributed by atoms with E-state index in [9.17, 15) is 14.4 Å². The zero-order valence-electron chi connectivity index (χ0n) is 23.6. The van der Waals surface area contributed by atoms with Crippen molar-refractivity contribution in [3.63, 3.8) is 0 Å². The molecule has 0 saturated heterocycles. The molecule has 40 heavy (non-hydrogen) atoms. The second kappa shape index (κ2) is 10.2. The monoisotopic (exact) mass is 536 g/mol. The lowest BCUT2D eigenvalue weighted by Crippen LogP contribution is -2.60. The number of anilines is 1. The standard InChI is InChI=1S/C35H40N2O3/c1-4-22-37-30-17-14-24-26-15-16-28(34(26,2)20-18-27(24)35(30,3)21-19-31(37)38)33(40)36-29-13-9-8-12-25(29)32(39)23-10-6-5-7-11-23/h4-13,19,21,24,26-28,30H,1,14-18,20,22H2,2-3H3,(H,36,40)/t24-,26-,27+,28?,30?,34-,35+/m0/s1. The first-order chi connectivity index (χ1) is 19.3. The van der Waals surface area contributed by atoms with Crippen molar-refractivity contribution in [1.29, 1.82) is 0 Å². The maximum atomic E-state index is 13.9. The van der Waals surface area contributed by atoms with Gasteiger partial charge in [0, 0.05) is 35.0 Å². The first-order valence-electron chi connectivity index (χ1n) is 14.9. The van der Waals surface area contributed by atoms with E-state index in [-0.39, 0.29) is 40.4 Å². The van der Waals surface area contributed by atoms with Crippen molar-refractivity contribution in [1.82, 2.24) is 4.90 Å². The van der Waals surface area contributed by atoms with Crippen molar-refractivity contribution in [3.05, 3.63) is 90.5 Å². The molecular weight excluding hydrogens is 496 g/mol. The molecule has 3 aliphatic carbocycles. The number of carbonyl (C=O) groups excluding carboxylic acids is 3. The average Bonchev–Trinajstić information content (AvgIpc) is 3.32. The van der Waals surface area contributed by atoms with Crippen LogP contribution in [0, 0.1) is 34.5 Å². The molecule has 1 N–H and O–H groups in total. The summed E-state index contributed by atoms with van der Waals surface area (Å²) in [5, 5.41) is 3.19. The molecule has 1 heterocycles. The Labute approximate surface area is 237 Å². The second-order valence-corrected chi connectivity index (χ2v) is 12.9. The van der Waals surface area contributed by atoms with E-state index < -0.39 is 0 Å². The van der Waals surface area contributed by atoms with Crippen molar-refractivity contribution >= 4 is 23.3 Å². The summed E-state index contributed by atoms with van der Waals surface area (Å²) in [6.07, 6.45) is 11.9. The minimum absolute atomic E-state index is 0.0389. The van der Waals surface area contributed by atoms with Crippen LogP contribution in [0.1, 0.15) is 68.3 Å². The van der Waals surface area contributed by atoms with Gasteiger partial charge in [-0.1, -0.05) is 68.5 Å². The van der Waals surface area contributed by atoms with Crippen LogP contribution in [0.2, 0.25) is 0 Å². The maximum absolute atomic E-state index is 13.9. The summed E-state index contributed by atoms with van der Waals surface area (Å²) in [5.41, 5.74) is 1.62. The van der Waals surface area contributed by atoms with Crippen molar-refractivity contribution < 1.29 is 14.4 Å². The van der Waals surface area contributed by atoms with Gasteiger partial charge in [-0.3, -0.25) is 14.4 Å². The molecule has 3 fully saturated rings. The quantitative estimate of drug-likeness (QED) is 0.331. The number of para-hydroxylation sites is 1. The van der Waals surface area contributed by atoms with E-state index in [0.29, 0.717) is 41.1 Å². The number of benzene rings is 2. The predicted molar refractivity (Wildman–Crippen MR) is 158 cm³/mol. The summed E-state index contributed by atoms with van der Waals surface area (Å²) < 4.78 is 0. The molecule has 0 radical (unpaired) electrons. The molecule has 2 amide bonds. The van der Waals surface area contributed by atoms with Crippen LogP contribution in [0.25, 0.3) is 0 Å². The Balaban J connectivity index is 1.22. The van der Waals surface area contributed by atoms with Crippen LogP contribution >= 0.6 is 0 Å². The van der Waals surface area contributed by atoms with Crippen molar-refractivity contribution in [2.24, 2.45) is 34.5 Å². The number of ketones is 1. The van der Waals surface area contributed by atoms with Crippen molar-refractivity contribution in [2.75, 3.05) is 11.9 Å². The fraction of sp³-hybridized carbons (Fsp3) is 0.457. The van der Waals surface area contributed by atoms with Crippen LogP contribution in [0.3, 0.4) is 0 Å². The van der Waals surface area contributed by atoms with Gasteiger partial charge >= 0.3 is 0 Å². The molecule has 3 saturated carbocycles. The van der Waals surface area contributed by atoms with Gasteiger partial charge < -0.3 is 10.2 Å². The van der Waals surface area contributed by atoms with E-state index >= 15 is 0 Å². The highest BCUT2D eigenvalue weighted by Crippen LogP contribution is 2.65. The first-order valence-corrected chi connectivity index (χ1v) is 14.9. The zero-order chi connectivity index (χ0) is 28.1. The lowest BCUT2D eigenvalue weighted by Gasteiger charge is -2.60. The van der Waals surface area contributed by atoms with E-state index in [2.05, 4.69) is 31.8 Å². The Kier molecular flexibility index (Phi) is 6.80. The number of fused-ring (bicyclic) bond motifs is 5. The summed E-state index contributed by atoms with van der Waals surface area (Å²) in [5.74, 6) is 1.52. The molecule has 2 unspecified atom stereocenters. The third-order valence-electron chi connectivity index (χ3n) is 11.1. The van der Waals surface area contributed by atoms with Gasteiger partial charge in [-0.15, -0.1) is 6.58 Å². The molecule has 4 aliphatic rings. The van der Waals surface area contributed by atoms with Crippen LogP contribution in [0.15, 0.2) is 79.4 Å². The summed E-state index contributed by atoms with van der Waals surface area (Å²) in [6, 6.07) is 16.8. The third-order valence-corrected chi connectivity index (χ3v) is 11.1. The van der Waals surface area contributed by atoms with E-state index in [1.54, 1.807) is 12.1 Å². The van der Waals surface area contributed by atoms with Gasteiger partial charge in [0.15, 0.2) is 5.78 Å². The Hall–Kier alpha value is -3.47. The molecule has 2 aromatic carbocycles. The summed E-state index contributed by atoms with van der Waals surface area (Å²) in [6.45, 7) is 9.19. The van der Waals surface area contributed by atoms with Crippen LogP contribution in [0.5, 0.6) is 0 Å². The van der Waals surface area contributed by atoms with Gasteiger partial charge in [0.25, 0.3) is 0 Å². The molecule has 0 spiro atoms. The number of rotatable bonds is 6. The van der Waals surface area contributed by atoms with Crippen LogP contribution in [0.4, 0.5) is 5.69 Å². The highest BCUT2D eigenvalue weighted by molar-refractivity contribution is 6.14. The lowest BCUT2D eigenvalue weighted by molar-refractivity contribution is -0.142. The number of nitrogens with zero attached hydrogens (tertiary/aromatic N) is 1. The molecule has 2 aromatic rings. The van der Waals surface area contributed by atoms with Crippen molar-refractivity contribution in [3.8, 4) is 0 Å². The Bertz CT molecular complexity index is 1370. The van der Waals surface area contributed by atoms with E-state index in [0.717, 1.165) is 38.5 Å². The molecule has 1 aliphatic heterocycles. The molecule has 0 bridgehead atoms. The normalized spacial score (nSPS) is 34.4. The van der Waals surface area contributed by atoms with Gasteiger partial charge in [-0.25, -0.2) is 0 Å². The fourth-order valence-electron chi connectivity index (χ4n) is 9.14. The highest BCUT2D eigenvalue weighted by Gasteiger charge is 2.61. The predicted octanol–water partition coefficient (Wildman–Crippen LogP) is 6.67. The minimum atomic E-state index is -0.0814. The Morgan fingerprint density at radius 1 is 0.975 bits per heavy atom. The molecule has 6 rings (SSSR count). The fourth-order valence-corrected chi connectivity index (χ4v) is 9.14. The highest BCUT2D eigenvalue weighted by atomic mass is 16.2. The largest absolute Gasteiger partial charge is 0.332 e. The third kappa shape index (κ3) is 4.17. The molecular formula is C35H40N2O3. The smallest absolute Gasteiger partial charge is 0.246 e. The lowest BCUT2D eigenvalue weighted by atomic mass is 9.47. The number of nitrogens with one attached hydrogen (secondary N) is 1. The summed E-state index contributed by atoms with van der Waals surface area (Å²) >= 11 is 0. The van der Waals surface area contributed by atoms with Gasteiger partial charge in [0.2, 0.25) is 11.8 Å². The summed E-state index contributed by atoms with van der Waals surface area (Å²) in [7, 11) is 0. The number of hydrogen-bond acceptors (Lipinski definition) is 3. The summed E-state index contributed by atoms with van der Waals surface area (Å²) in [4.78, 5) is 41.9. The first kappa shape index (κ1) is 26.7. The van der Waals surface area contributed by atoms with Gasteiger partial charge in [0.1, 0.15) is 0 Å². The van der Waals surface area contributed by atoms with Crippen molar-refractivity contribution in [2.45, 2.75) is 58.4 Å². The second-order valence-electron chi connectivity index (χ2n) is 12.9. The minimum Gasteiger partial charge on any atom is -0.332 e. The van der Waals surface area contributed by atoms with E-state index in [1.165, 1.54) is 0 Å². The van der Waals surface area contributed by atoms with E-state index in [1.807, 2.05) is 59.5 Å². The Morgan fingerprint density at radius 3 is 2.50 bits per heavy atom. The van der Waals surface area contributed by atoms with Crippen LogP contribution in [-0.4, -0.2) is 35.1 Å². The van der Waals surface area contributed by atoms with Crippen LogP contribution < -0.4 is 5.32 Å². The number of amides is 2. The van der Waals surface area contributed by atoms with Gasteiger partial charge in [-0.05, 0) is 79.9 Å². The topological polar surface area (TPSA) is 66.5 Å². The van der Waals surface area contributed by atoms with Gasteiger partial charge in [0.05, 0.1) is 5.69 Å². The zero-order valence-corrected chi connectivity index (χ0v) is 23.6. The Morgan fingerprint density at radius 2 is 1.73 bits per heavy atom. The molecule has 208 valence electrons. The maximum Gasteiger partial charge on any atom is 0.246 e. The van der Waals surface area contributed by atoms with Crippen LogP contribution in [-0.2, 0) is 9.59 Å². The average molecular weight is 537 g/mol. The van der Waals surface area contributed by atoms with E-state index in [4.69, 9.17) is 0 Å². The SMILES string of the molecule is C=CCN1C(=O)C=C[C@@]2(C)C1CC[C@@H]1[C@H]2CC[C@]2(C)C(C(=O)Nc3ccccc3C(=O)c3ccccc3)CC[C@@H]12. The molecule has 5 nitrogen and oxygen atoms in total. The molecule has 5 heteroatoms. The molecule has 7 atom stereocenters. The molecule has 0 aromatic heterocycles. The van der Waals surface area contributed by atoms with Gasteiger partial charge in [-0.2, -0.15) is 0 Å². The number of carbonyl (C=O) groups is 3.